The number of aromatic nitrogens is 5. The van der Waals surface area contributed by atoms with E-state index in [0.29, 0.717) is 5.95 Å². The van der Waals surface area contributed by atoms with Gasteiger partial charge in [-0.05, 0) is 66.7 Å². The molecule has 0 aliphatic carbocycles. The van der Waals surface area contributed by atoms with Crippen LogP contribution in [0.5, 0.6) is 0 Å². The molecule has 0 saturated heterocycles. The quantitative estimate of drug-likeness (QED) is 0.183. The Kier molecular flexibility index (Phi) is 6.27. The van der Waals surface area contributed by atoms with Gasteiger partial charge >= 0.3 is 0 Å². The largest absolute Gasteiger partial charge is 0.309 e. The molecule has 256 valence electrons. The maximum absolute atomic E-state index is 5.56. The second kappa shape index (κ2) is 11.5. The zero-order valence-electron chi connectivity index (χ0n) is 29.6. The van der Waals surface area contributed by atoms with E-state index in [2.05, 4.69) is 202 Å². The molecule has 0 aliphatic rings. The fraction of sp³-hybridized carbons (Fsp3) is 0. The third-order valence-electron chi connectivity index (χ3n) is 11.2. The van der Waals surface area contributed by atoms with E-state index in [9.17, 15) is 0 Å². The zero-order chi connectivity index (χ0) is 36.0. The van der Waals surface area contributed by atoms with Crippen molar-refractivity contribution in [1.29, 1.82) is 0 Å². The number of rotatable bonds is 4. The number of hydrogen-bond acceptors (Lipinski definition) is 2. The topological polar surface area (TPSA) is 40.6 Å². The smallest absolute Gasteiger partial charge is 0.235 e. The van der Waals surface area contributed by atoms with Crippen LogP contribution in [-0.4, -0.2) is 23.7 Å². The van der Waals surface area contributed by atoms with Gasteiger partial charge in [0, 0.05) is 54.6 Å². The third-order valence-corrected chi connectivity index (χ3v) is 11.2. The van der Waals surface area contributed by atoms with Crippen LogP contribution in [0.2, 0.25) is 0 Å². The molecular formula is C50H31N5. The predicted octanol–water partition coefficient (Wildman–Crippen LogP) is 12.6. The lowest BCUT2D eigenvalue weighted by Crippen LogP contribution is -2.03. The molecule has 0 saturated carbocycles. The summed E-state index contributed by atoms with van der Waals surface area (Å²) in [5.74, 6) is 0.649. The van der Waals surface area contributed by atoms with Gasteiger partial charge in [-0.25, -0.2) is 9.97 Å². The van der Waals surface area contributed by atoms with Gasteiger partial charge in [0.15, 0.2) is 0 Å². The Morgan fingerprint density at radius 1 is 0.327 bits per heavy atom. The molecule has 0 spiro atoms. The van der Waals surface area contributed by atoms with Crippen LogP contribution in [0.1, 0.15) is 0 Å². The summed E-state index contributed by atoms with van der Waals surface area (Å²) < 4.78 is 7.03. The minimum atomic E-state index is 0.649. The molecule has 0 N–H and O–H groups in total. The summed E-state index contributed by atoms with van der Waals surface area (Å²) in [4.78, 5) is 10.9. The van der Waals surface area contributed by atoms with Crippen molar-refractivity contribution in [1.82, 2.24) is 23.7 Å². The van der Waals surface area contributed by atoms with Gasteiger partial charge in [-0.15, -0.1) is 0 Å². The van der Waals surface area contributed by atoms with Crippen molar-refractivity contribution < 1.29 is 0 Å². The molecule has 0 aliphatic heterocycles. The second-order valence-electron chi connectivity index (χ2n) is 14.2. The molecule has 12 rings (SSSR count). The Morgan fingerprint density at radius 2 is 0.836 bits per heavy atom. The van der Waals surface area contributed by atoms with Gasteiger partial charge in [-0.2, -0.15) is 0 Å². The van der Waals surface area contributed by atoms with E-state index in [1.165, 1.54) is 37.8 Å². The lowest BCUT2D eigenvalue weighted by molar-refractivity contribution is 1.02. The van der Waals surface area contributed by atoms with Gasteiger partial charge in [0.1, 0.15) is 0 Å². The fourth-order valence-electron chi connectivity index (χ4n) is 8.93. The number of benzene rings is 8. The molecule has 0 amide bonds. The van der Waals surface area contributed by atoms with E-state index in [1.54, 1.807) is 0 Å². The monoisotopic (exact) mass is 701 g/mol. The van der Waals surface area contributed by atoms with E-state index in [1.807, 2.05) is 0 Å². The van der Waals surface area contributed by atoms with Crippen LogP contribution >= 0.6 is 0 Å². The SMILES string of the molecule is c1ccc(-n2c3ccccc3c3cc(-c4nc(-n5c6ccccc6c6ccc7c(c8ccccc8n7-c7ccccc7)c65)nc5ccccc45)ccc32)cc1. The number of fused-ring (bicyclic) bond motifs is 11. The highest BCUT2D eigenvalue weighted by Gasteiger charge is 2.23. The summed E-state index contributed by atoms with van der Waals surface area (Å²) in [5.41, 5.74) is 12.0. The van der Waals surface area contributed by atoms with E-state index in [4.69, 9.17) is 9.97 Å². The summed E-state index contributed by atoms with van der Waals surface area (Å²) in [5, 5.41) is 8.13. The third kappa shape index (κ3) is 4.29. The highest BCUT2D eigenvalue weighted by molar-refractivity contribution is 6.26. The molecule has 0 bridgehead atoms. The van der Waals surface area contributed by atoms with Gasteiger partial charge in [0.25, 0.3) is 0 Å². The summed E-state index contributed by atoms with van der Waals surface area (Å²) in [6, 6.07) is 67.0. The first-order chi connectivity index (χ1) is 27.3. The van der Waals surface area contributed by atoms with Gasteiger partial charge < -0.3 is 9.13 Å². The maximum atomic E-state index is 5.56. The molecule has 4 heterocycles. The fourth-order valence-corrected chi connectivity index (χ4v) is 8.93. The Morgan fingerprint density at radius 3 is 1.55 bits per heavy atom. The Balaban J connectivity index is 1.18. The van der Waals surface area contributed by atoms with E-state index in [0.717, 1.165) is 61.1 Å². The van der Waals surface area contributed by atoms with Crippen LogP contribution in [0.3, 0.4) is 0 Å². The van der Waals surface area contributed by atoms with Crippen LogP contribution in [0.25, 0.3) is 105 Å². The average molecular weight is 702 g/mol. The highest BCUT2D eigenvalue weighted by atomic mass is 15.2. The van der Waals surface area contributed by atoms with Crippen LogP contribution in [0, 0.1) is 0 Å². The van der Waals surface area contributed by atoms with Gasteiger partial charge in [0.05, 0.1) is 44.3 Å². The second-order valence-corrected chi connectivity index (χ2v) is 14.2. The van der Waals surface area contributed by atoms with Crippen LogP contribution in [-0.2, 0) is 0 Å². The van der Waals surface area contributed by atoms with Crippen molar-refractivity contribution in [3.8, 4) is 28.6 Å². The standard InChI is InChI=1S/C50H31N5/c1-3-15-33(16-4-1)53-42-24-12-9-20-36(42)40-31-32(27-29-45(40)53)48-38-21-7-11-23-41(38)51-50(52-48)55-43-25-13-8-19-35(43)37-28-30-46-47(49(37)55)39-22-10-14-26-44(39)54(46)34-17-5-2-6-18-34/h1-31H. The summed E-state index contributed by atoms with van der Waals surface area (Å²) in [7, 11) is 0. The summed E-state index contributed by atoms with van der Waals surface area (Å²) >= 11 is 0. The number of hydrogen-bond donors (Lipinski definition) is 0. The highest BCUT2D eigenvalue weighted by Crippen LogP contribution is 2.42. The molecule has 5 nitrogen and oxygen atoms in total. The Bertz CT molecular complexity index is 3480. The molecule has 0 fully saturated rings. The normalized spacial score (nSPS) is 12.0. The zero-order valence-corrected chi connectivity index (χ0v) is 29.6. The number of nitrogens with zero attached hydrogens (tertiary/aromatic N) is 5. The van der Waals surface area contributed by atoms with Crippen molar-refractivity contribution in [2.45, 2.75) is 0 Å². The van der Waals surface area contributed by atoms with Crippen molar-refractivity contribution in [2.75, 3.05) is 0 Å². The molecule has 12 aromatic rings. The van der Waals surface area contributed by atoms with Gasteiger partial charge in [0.2, 0.25) is 5.95 Å². The minimum absolute atomic E-state index is 0.649. The molecular weight excluding hydrogens is 671 g/mol. The predicted molar refractivity (Wildman–Crippen MR) is 228 cm³/mol. The Hall–Kier alpha value is -7.50. The maximum Gasteiger partial charge on any atom is 0.235 e. The van der Waals surface area contributed by atoms with Crippen molar-refractivity contribution >= 4 is 76.3 Å². The molecule has 5 heteroatoms. The molecule has 4 aromatic heterocycles. The molecule has 0 unspecified atom stereocenters. The van der Waals surface area contributed by atoms with Gasteiger partial charge in [-0.1, -0.05) is 121 Å². The van der Waals surface area contributed by atoms with Crippen molar-refractivity contribution in [3.05, 3.63) is 188 Å². The molecule has 8 aromatic carbocycles. The first-order valence-electron chi connectivity index (χ1n) is 18.7. The molecule has 0 radical (unpaired) electrons. The van der Waals surface area contributed by atoms with E-state index >= 15 is 0 Å². The molecule has 0 atom stereocenters. The van der Waals surface area contributed by atoms with Crippen molar-refractivity contribution in [2.24, 2.45) is 0 Å². The van der Waals surface area contributed by atoms with Crippen LogP contribution in [0.15, 0.2) is 188 Å². The van der Waals surface area contributed by atoms with Crippen LogP contribution < -0.4 is 0 Å². The minimum Gasteiger partial charge on any atom is -0.309 e. The van der Waals surface area contributed by atoms with Gasteiger partial charge in [-0.3, -0.25) is 4.57 Å². The molecule has 55 heavy (non-hydrogen) atoms. The lowest BCUT2D eigenvalue weighted by Gasteiger charge is -2.13. The summed E-state index contributed by atoms with van der Waals surface area (Å²) in [6.45, 7) is 0. The van der Waals surface area contributed by atoms with E-state index in [-0.39, 0.29) is 0 Å². The average Bonchev–Trinajstić information content (AvgIpc) is 3.89. The number of para-hydroxylation sites is 6. The van der Waals surface area contributed by atoms with Crippen molar-refractivity contribution in [3.63, 3.8) is 0 Å². The van der Waals surface area contributed by atoms with E-state index < -0.39 is 0 Å². The summed E-state index contributed by atoms with van der Waals surface area (Å²) in [6.07, 6.45) is 0. The Labute approximate surface area is 315 Å². The lowest BCUT2D eigenvalue weighted by atomic mass is 10.0. The first-order valence-corrected chi connectivity index (χ1v) is 18.7. The van der Waals surface area contributed by atoms with Crippen LogP contribution in [0.4, 0.5) is 0 Å². The first kappa shape index (κ1) is 30.0.